The molecule has 0 saturated carbocycles. The molecule has 4 aromatic rings. The summed E-state index contributed by atoms with van der Waals surface area (Å²) >= 11 is 0. The van der Waals surface area contributed by atoms with E-state index >= 15 is 0 Å². The normalized spacial score (nSPS) is 16.0. The van der Waals surface area contributed by atoms with Crippen LogP contribution < -0.4 is 0 Å². The molecule has 2 aromatic carbocycles. The van der Waals surface area contributed by atoms with Crippen molar-refractivity contribution in [1.29, 1.82) is 0 Å². The second kappa shape index (κ2) is 9.15. The van der Waals surface area contributed by atoms with Crippen molar-refractivity contribution in [2.24, 2.45) is 0 Å². The summed E-state index contributed by atoms with van der Waals surface area (Å²) in [7, 11) is -7.11. The van der Waals surface area contributed by atoms with Crippen LogP contribution >= 0.6 is 0 Å². The number of sulfonamides is 1. The van der Waals surface area contributed by atoms with E-state index in [1.54, 1.807) is 24.3 Å². The van der Waals surface area contributed by atoms with Gasteiger partial charge >= 0.3 is 0 Å². The Labute approximate surface area is 204 Å². The van der Waals surface area contributed by atoms with Crippen molar-refractivity contribution in [2.45, 2.75) is 16.5 Å². The van der Waals surface area contributed by atoms with Crippen molar-refractivity contribution in [3.8, 4) is 11.3 Å². The summed E-state index contributed by atoms with van der Waals surface area (Å²) in [6, 6.07) is 19.9. The Morgan fingerprint density at radius 1 is 0.829 bits per heavy atom. The molecule has 1 aliphatic rings. The Morgan fingerprint density at radius 2 is 1.51 bits per heavy atom. The van der Waals surface area contributed by atoms with Crippen LogP contribution in [0.2, 0.25) is 0 Å². The molecule has 1 saturated heterocycles. The van der Waals surface area contributed by atoms with Crippen LogP contribution in [-0.2, 0) is 26.4 Å². The second-order valence-electron chi connectivity index (χ2n) is 8.55. The lowest BCUT2D eigenvalue weighted by Crippen LogP contribution is -2.48. The number of benzene rings is 2. The van der Waals surface area contributed by atoms with Gasteiger partial charge in [0.2, 0.25) is 0 Å². The van der Waals surface area contributed by atoms with Gasteiger partial charge in [0.1, 0.15) is 0 Å². The van der Waals surface area contributed by atoms with Gasteiger partial charge in [0.15, 0.2) is 20.5 Å². The van der Waals surface area contributed by atoms with Crippen molar-refractivity contribution in [3.05, 3.63) is 78.5 Å². The first kappa shape index (κ1) is 23.6. The van der Waals surface area contributed by atoms with Crippen LogP contribution in [0.3, 0.4) is 0 Å². The van der Waals surface area contributed by atoms with E-state index in [2.05, 4.69) is 27.1 Å². The molecule has 0 N–H and O–H groups in total. The maximum absolute atomic E-state index is 13.5. The third-order valence-electron chi connectivity index (χ3n) is 6.09. The zero-order valence-corrected chi connectivity index (χ0v) is 20.8. The van der Waals surface area contributed by atoms with Gasteiger partial charge in [-0.3, -0.25) is 4.90 Å². The molecular weight excluding hydrogens is 486 g/mol. The molecule has 0 aliphatic carbocycles. The number of imidazole rings is 1. The zero-order chi connectivity index (χ0) is 24.6. The van der Waals surface area contributed by atoms with Crippen LogP contribution in [0.15, 0.2) is 82.8 Å². The highest BCUT2D eigenvalue weighted by molar-refractivity contribution is 7.90. The molecule has 0 unspecified atom stereocenters. The molecule has 5 rings (SSSR count). The van der Waals surface area contributed by atoms with Gasteiger partial charge in [0, 0.05) is 44.5 Å². The molecule has 0 bridgehead atoms. The first-order valence-electron chi connectivity index (χ1n) is 11.1. The highest BCUT2D eigenvalue weighted by Gasteiger charge is 2.31. The monoisotopic (exact) mass is 511 g/mol. The summed E-state index contributed by atoms with van der Waals surface area (Å²) in [6.07, 6.45) is 2.49. The molecule has 0 radical (unpaired) electrons. The molecule has 0 amide bonds. The molecule has 11 heteroatoms. The predicted octanol–water partition coefficient (Wildman–Crippen LogP) is 2.31. The van der Waals surface area contributed by atoms with Crippen molar-refractivity contribution in [1.82, 2.24) is 23.8 Å². The van der Waals surface area contributed by atoms with Gasteiger partial charge in [-0.2, -0.15) is 9.40 Å². The fourth-order valence-corrected chi connectivity index (χ4v) is 6.23. The minimum atomic E-state index is -3.80. The molecule has 0 atom stereocenters. The summed E-state index contributed by atoms with van der Waals surface area (Å²) in [6.45, 7) is 2.82. The van der Waals surface area contributed by atoms with Gasteiger partial charge < -0.3 is 0 Å². The molecule has 35 heavy (non-hydrogen) atoms. The summed E-state index contributed by atoms with van der Waals surface area (Å²) in [5, 5.41) is 4.53. The van der Waals surface area contributed by atoms with E-state index in [1.165, 1.54) is 32.7 Å². The summed E-state index contributed by atoms with van der Waals surface area (Å²) < 4.78 is 53.2. The van der Waals surface area contributed by atoms with E-state index < -0.39 is 19.9 Å². The quantitative estimate of drug-likeness (QED) is 0.391. The van der Waals surface area contributed by atoms with E-state index in [-0.39, 0.29) is 9.92 Å². The number of hydrogen-bond acceptors (Lipinski definition) is 7. The third kappa shape index (κ3) is 4.85. The zero-order valence-electron chi connectivity index (χ0n) is 19.1. The standard InChI is InChI=1S/C24H25N5O4S2/c1-34(30,31)21-9-7-20(8-10-21)22-11-12-23-25-17-24(29(23)26-22)35(32,33)28-15-13-27(14-16-28)18-19-5-3-2-4-6-19/h2-12,17H,13-16,18H2,1H3. The summed E-state index contributed by atoms with van der Waals surface area (Å²) in [4.78, 5) is 6.69. The number of sulfone groups is 1. The molecule has 0 spiro atoms. The largest absolute Gasteiger partial charge is 0.296 e. The van der Waals surface area contributed by atoms with E-state index in [4.69, 9.17) is 0 Å². The van der Waals surface area contributed by atoms with E-state index in [9.17, 15) is 16.8 Å². The van der Waals surface area contributed by atoms with Gasteiger partial charge in [-0.15, -0.1) is 0 Å². The van der Waals surface area contributed by atoms with Gasteiger partial charge in [0.25, 0.3) is 10.0 Å². The van der Waals surface area contributed by atoms with Crippen LogP contribution in [0.25, 0.3) is 16.9 Å². The smallest absolute Gasteiger partial charge is 0.262 e. The highest BCUT2D eigenvalue weighted by Crippen LogP contribution is 2.23. The molecule has 9 nitrogen and oxygen atoms in total. The number of aromatic nitrogens is 3. The lowest BCUT2D eigenvalue weighted by molar-refractivity contribution is 0.181. The number of fused-ring (bicyclic) bond motifs is 1. The number of rotatable bonds is 6. The molecular formula is C24H25N5O4S2. The van der Waals surface area contributed by atoms with E-state index in [0.29, 0.717) is 43.1 Å². The van der Waals surface area contributed by atoms with Crippen molar-refractivity contribution in [2.75, 3.05) is 32.4 Å². The Balaban J connectivity index is 1.37. The van der Waals surface area contributed by atoms with Crippen LogP contribution in [0.4, 0.5) is 0 Å². The van der Waals surface area contributed by atoms with Gasteiger partial charge in [-0.05, 0) is 29.8 Å². The van der Waals surface area contributed by atoms with Gasteiger partial charge in [-0.25, -0.2) is 26.3 Å². The first-order valence-corrected chi connectivity index (χ1v) is 14.5. The second-order valence-corrected chi connectivity index (χ2v) is 12.4. The molecule has 2 aromatic heterocycles. The minimum absolute atomic E-state index is 0.0126. The van der Waals surface area contributed by atoms with Crippen molar-refractivity contribution >= 4 is 25.5 Å². The summed E-state index contributed by atoms with van der Waals surface area (Å²) in [5.74, 6) is 0. The van der Waals surface area contributed by atoms with Crippen LogP contribution in [0.1, 0.15) is 5.56 Å². The molecule has 1 fully saturated rings. The van der Waals surface area contributed by atoms with Gasteiger partial charge in [0.05, 0.1) is 16.8 Å². The Hall–Kier alpha value is -3.12. The maximum atomic E-state index is 13.5. The van der Waals surface area contributed by atoms with Crippen molar-refractivity contribution in [3.63, 3.8) is 0 Å². The Bertz CT molecular complexity index is 1560. The van der Waals surface area contributed by atoms with Crippen LogP contribution in [0.5, 0.6) is 0 Å². The molecule has 1 aliphatic heterocycles. The fourth-order valence-electron chi connectivity index (χ4n) is 4.16. The Kier molecular flexibility index (Phi) is 6.18. The highest BCUT2D eigenvalue weighted by atomic mass is 32.2. The third-order valence-corrected chi connectivity index (χ3v) is 9.07. The maximum Gasteiger partial charge on any atom is 0.262 e. The lowest BCUT2D eigenvalue weighted by Gasteiger charge is -2.33. The lowest BCUT2D eigenvalue weighted by atomic mass is 10.1. The fraction of sp³-hybridized carbons (Fsp3) is 0.250. The predicted molar refractivity (Wildman–Crippen MR) is 132 cm³/mol. The SMILES string of the molecule is CS(=O)(=O)c1ccc(-c2ccc3ncc(S(=O)(=O)N4CCN(Cc5ccccc5)CC4)n3n2)cc1. The molecule has 182 valence electrons. The van der Waals surface area contributed by atoms with Crippen LogP contribution in [-0.4, -0.2) is 73.1 Å². The van der Waals surface area contributed by atoms with Crippen molar-refractivity contribution < 1.29 is 16.8 Å². The molecule has 3 heterocycles. The van der Waals surface area contributed by atoms with E-state index in [0.717, 1.165) is 12.8 Å². The number of nitrogens with zero attached hydrogens (tertiary/aromatic N) is 5. The minimum Gasteiger partial charge on any atom is -0.296 e. The topological polar surface area (TPSA) is 105 Å². The van der Waals surface area contributed by atoms with Gasteiger partial charge in [-0.1, -0.05) is 42.5 Å². The average Bonchev–Trinajstić information content (AvgIpc) is 3.29. The Morgan fingerprint density at radius 3 is 2.17 bits per heavy atom. The first-order chi connectivity index (χ1) is 16.7. The summed E-state index contributed by atoms with van der Waals surface area (Å²) in [5.41, 5.74) is 2.81. The van der Waals surface area contributed by atoms with E-state index in [1.807, 2.05) is 18.2 Å². The number of piperazine rings is 1. The average molecular weight is 512 g/mol. The van der Waals surface area contributed by atoms with Crippen LogP contribution in [0, 0.1) is 0 Å². The number of hydrogen-bond donors (Lipinski definition) is 0.